The predicted octanol–water partition coefficient (Wildman–Crippen LogP) is 1.79. The summed E-state index contributed by atoms with van der Waals surface area (Å²) in [6.07, 6.45) is 0.951. The molecule has 4 unspecified atom stereocenters. The van der Waals surface area contributed by atoms with Crippen LogP contribution in [0.3, 0.4) is 0 Å². The van der Waals surface area contributed by atoms with Gasteiger partial charge in [0, 0.05) is 82.8 Å². The standard InChI is InChI=1S/C36H48N2O10/c1-6-37-17-33(18-48-31(41)19-9-7-8-10-22(19)38-25(39)11-12-26(38)40)14-13-24(45-3)35-21-15-20-23(44-2)16-34(42,27(21)28(20)46-4)36(43,32(35)37)30(47-5)29(33)35/h7-10,20-21,23-24,27-30,32,42-43H,6,11-18H2,1-5H3/t20-,21?,23+,24+,27?,28+,29?,30+,32?,33+,34-,35+,36-/m1/s1. The van der Waals surface area contributed by atoms with Gasteiger partial charge in [-0.25, -0.2) is 9.69 Å². The van der Waals surface area contributed by atoms with E-state index in [0.717, 1.165) is 11.3 Å². The highest BCUT2D eigenvalue weighted by Gasteiger charge is 2.91. The van der Waals surface area contributed by atoms with Crippen molar-refractivity contribution in [3.63, 3.8) is 0 Å². The molecule has 13 atom stereocenters. The summed E-state index contributed by atoms with van der Waals surface area (Å²) in [6.45, 7) is 3.24. The number of benzene rings is 1. The number of likely N-dealkylation sites (tertiary alicyclic amines) is 1. The fraction of sp³-hybridized carbons (Fsp3) is 0.750. The van der Waals surface area contributed by atoms with Gasteiger partial charge in [0.15, 0.2) is 0 Å². The van der Waals surface area contributed by atoms with Crippen LogP contribution in [0.5, 0.6) is 0 Å². The molecule has 262 valence electrons. The van der Waals surface area contributed by atoms with E-state index in [4.69, 9.17) is 23.7 Å². The summed E-state index contributed by atoms with van der Waals surface area (Å²) in [6, 6.07) is 6.11. The molecule has 2 saturated heterocycles. The number of anilines is 1. The third-order valence-electron chi connectivity index (χ3n) is 14.2. The Hall–Kier alpha value is -2.45. The maximum Gasteiger partial charge on any atom is 0.340 e. The first-order valence-corrected chi connectivity index (χ1v) is 17.5. The molecule has 0 radical (unpaired) electrons. The van der Waals surface area contributed by atoms with Crippen LogP contribution in [0.25, 0.3) is 0 Å². The van der Waals surface area contributed by atoms with Gasteiger partial charge in [0.25, 0.3) is 0 Å². The van der Waals surface area contributed by atoms with E-state index in [2.05, 4.69) is 11.8 Å². The molecule has 7 fully saturated rings. The minimum Gasteiger partial charge on any atom is -0.461 e. The Balaban J connectivity index is 1.24. The van der Waals surface area contributed by atoms with Crippen molar-refractivity contribution in [2.45, 2.75) is 87.1 Å². The third-order valence-corrected chi connectivity index (χ3v) is 14.2. The number of carbonyl (C=O) groups is 3. The maximum absolute atomic E-state index is 14.0. The van der Waals surface area contributed by atoms with E-state index in [1.54, 1.807) is 52.7 Å². The van der Waals surface area contributed by atoms with Gasteiger partial charge >= 0.3 is 5.97 Å². The van der Waals surface area contributed by atoms with Crippen molar-refractivity contribution < 1.29 is 48.3 Å². The zero-order chi connectivity index (χ0) is 34.0. The van der Waals surface area contributed by atoms with Crippen molar-refractivity contribution in [2.24, 2.45) is 34.5 Å². The molecule has 2 N–H and O–H groups in total. The second kappa shape index (κ2) is 11.0. The lowest BCUT2D eigenvalue weighted by molar-refractivity contribution is -0.320. The van der Waals surface area contributed by atoms with Crippen LogP contribution in [-0.4, -0.2) is 123 Å². The number of imide groups is 1. The first-order chi connectivity index (χ1) is 23.0. The smallest absolute Gasteiger partial charge is 0.340 e. The van der Waals surface area contributed by atoms with Crippen LogP contribution >= 0.6 is 0 Å². The van der Waals surface area contributed by atoms with E-state index in [0.29, 0.717) is 25.9 Å². The van der Waals surface area contributed by atoms with E-state index in [1.165, 1.54) is 0 Å². The summed E-state index contributed by atoms with van der Waals surface area (Å²) < 4.78 is 31.3. The average molecular weight is 669 g/mol. The van der Waals surface area contributed by atoms with Gasteiger partial charge < -0.3 is 33.9 Å². The minimum atomic E-state index is -1.69. The number of esters is 1. The molecule has 1 aromatic carbocycles. The van der Waals surface area contributed by atoms with E-state index in [9.17, 15) is 24.6 Å². The minimum absolute atomic E-state index is 0.0394. The number of amides is 2. The van der Waals surface area contributed by atoms with Crippen LogP contribution in [0.2, 0.25) is 0 Å². The van der Waals surface area contributed by atoms with Gasteiger partial charge in [-0.15, -0.1) is 0 Å². The number of carbonyl (C=O) groups excluding carboxylic acids is 3. The van der Waals surface area contributed by atoms with Gasteiger partial charge in [-0.2, -0.15) is 0 Å². The van der Waals surface area contributed by atoms with E-state index in [-0.39, 0.29) is 90.9 Å². The summed E-state index contributed by atoms with van der Waals surface area (Å²) in [4.78, 5) is 42.6. The molecule has 5 aliphatic carbocycles. The van der Waals surface area contributed by atoms with Crippen molar-refractivity contribution >= 4 is 23.5 Å². The number of fused-ring (bicyclic) bond motifs is 2. The number of para-hydroxylation sites is 1. The Bertz CT molecular complexity index is 1510. The van der Waals surface area contributed by atoms with Crippen LogP contribution < -0.4 is 4.90 Å². The lowest BCUT2D eigenvalue weighted by atomic mass is 9.42. The summed E-state index contributed by atoms with van der Waals surface area (Å²) in [5, 5.41) is 26.5. The SMILES string of the molecule is CCN1C[C@]2(COC(=O)c3ccccc3N3C(=O)CCC3=O)CC[C@H](OC)[C@]34C5C[C@@H]6[C@@H](OC)C[C@@](O)(C5[C@H]6OC)[C@](O)(C13)[C@@H](OC)C24. The van der Waals surface area contributed by atoms with Crippen LogP contribution in [0.4, 0.5) is 5.69 Å². The van der Waals surface area contributed by atoms with Crippen molar-refractivity contribution in [2.75, 3.05) is 53.0 Å². The zero-order valence-electron chi connectivity index (χ0n) is 28.4. The van der Waals surface area contributed by atoms with Gasteiger partial charge in [-0.05, 0) is 43.9 Å². The second-order valence-corrected chi connectivity index (χ2v) is 15.4. The molecule has 2 heterocycles. The first-order valence-electron chi connectivity index (χ1n) is 17.5. The Morgan fingerprint density at radius 3 is 2.38 bits per heavy atom. The number of rotatable bonds is 9. The Morgan fingerprint density at radius 1 is 1.00 bits per heavy atom. The highest BCUT2D eigenvalue weighted by molar-refractivity contribution is 6.21. The molecule has 12 nitrogen and oxygen atoms in total. The number of hydrogen-bond donors (Lipinski definition) is 2. The van der Waals surface area contributed by atoms with Crippen molar-refractivity contribution in [1.29, 1.82) is 0 Å². The maximum atomic E-state index is 14.0. The third kappa shape index (κ3) is 3.67. The molecular formula is C36H48N2O10. The molecule has 2 aliphatic heterocycles. The average Bonchev–Trinajstić information content (AvgIpc) is 3.66. The molecule has 1 aromatic rings. The molecule has 5 saturated carbocycles. The molecule has 12 heteroatoms. The Kier molecular flexibility index (Phi) is 7.52. The monoisotopic (exact) mass is 668 g/mol. The largest absolute Gasteiger partial charge is 0.461 e. The molecule has 7 bridgehead atoms. The molecule has 1 spiro atoms. The van der Waals surface area contributed by atoms with Gasteiger partial charge in [-0.3, -0.25) is 14.5 Å². The predicted molar refractivity (Wildman–Crippen MR) is 170 cm³/mol. The topological polar surface area (TPSA) is 144 Å². The van der Waals surface area contributed by atoms with Crippen LogP contribution in [0, 0.1) is 34.5 Å². The number of aliphatic hydroxyl groups is 2. The van der Waals surface area contributed by atoms with Gasteiger partial charge in [-0.1, -0.05) is 19.1 Å². The van der Waals surface area contributed by atoms with Crippen LogP contribution in [0.15, 0.2) is 24.3 Å². The fourth-order valence-corrected chi connectivity index (χ4v) is 13.0. The Labute approximate surface area is 280 Å². The highest BCUT2D eigenvalue weighted by Crippen LogP contribution is 2.80. The van der Waals surface area contributed by atoms with E-state index in [1.807, 2.05) is 0 Å². The quantitative estimate of drug-likeness (QED) is 0.294. The van der Waals surface area contributed by atoms with Crippen LogP contribution in [-0.2, 0) is 33.3 Å². The number of ether oxygens (including phenoxy) is 5. The van der Waals surface area contributed by atoms with E-state index >= 15 is 0 Å². The van der Waals surface area contributed by atoms with E-state index < -0.39 is 40.1 Å². The van der Waals surface area contributed by atoms with Crippen LogP contribution in [0.1, 0.15) is 55.8 Å². The van der Waals surface area contributed by atoms with Gasteiger partial charge in [0.2, 0.25) is 11.8 Å². The van der Waals surface area contributed by atoms with Crippen molar-refractivity contribution in [1.82, 2.24) is 4.90 Å². The normalized spacial score (nSPS) is 47.1. The summed E-state index contributed by atoms with van der Waals surface area (Å²) >= 11 is 0. The zero-order valence-corrected chi connectivity index (χ0v) is 28.4. The van der Waals surface area contributed by atoms with Crippen molar-refractivity contribution in [3.05, 3.63) is 29.8 Å². The lowest BCUT2D eigenvalue weighted by Gasteiger charge is -2.70. The van der Waals surface area contributed by atoms with Gasteiger partial charge in [0.05, 0.1) is 48.3 Å². The number of piperidine rings is 1. The number of likely N-dealkylation sites (N-methyl/N-ethyl adjacent to an activating group) is 1. The van der Waals surface area contributed by atoms with Gasteiger partial charge in [0.1, 0.15) is 11.2 Å². The first kappa shape index (κ1) is 32.7. The molecular weight excluding hydrogens is 620 g/mol. The highest BCUT2D eigenvalue weighted by atomic mass is 16.5. The summed E-state index contributed by atoms with van der Waals surface area (Å²) in [5.74, 6) is -2.00. The summed E-state index contributed by atoms with van der Waals surface area (Å²) in [7, 11) is 6.70. The number of nitrogens with zero attached hydrogens (tertiary/aromatic N) is 2. The number of methoxy groups -OCH3 is 4. The summed E-state index contributed by atoms with van der Waals surface area (Å²) in [5.41, 5.74) is -4.15. The molecule has 48 heavy (non-hydrogen) atoms. The molecule has 8 rings (SSSR count). The molecule has 7 aliphatic rings. The molecule has 2 amide bonds. The Morgan fingerprint density at radius 2 is 1.73 bits per heavy atom. The number of hydrogen-bond acceptors (Lipinski definition) is 11. The van der Waals surface area contributed by atoms with Crippen molar-refractivity contribution in [3.8, 4) is 0 Å². The molecule has 0 aromatic heterocycles. The second-order valence-electron chi connectivity index (χ2n) is 15.4. The lowest BCUT2D eigenvalue weighted by Crippen LogP contribution is -2.82. The fourth-order valence-electron chi connectivity index (χ4n) is 13.0.